The first-order valence-corrected chi connectivity index (χ1v) is 9.26. The van der Waals surface area contributed by atoms with Gasteiger partial charge in [-0.05, 0) is 50.8 Å². The highest BCUT2D eigenvalue weighted by Gasteiger charge is 2.13. The van der Waals surface area contributed by atoms with Crippen molar-refractivity contribution in [2.45, 2.75) is 78.7 Å². The Hall–Kier alpha value is -1.44. The van der Waals surface area contributed by atoms with Crippen molar-refractivity contribution in [2.24, 2.45) is 0 Å². The van der Waals surface area contributed by atoms with Gasteiger partial charge < -0.3 is 9.47 Å². The maximum Gasteiger partial charge on any atom is 0.161 e. The number of benzene rings is 1. The lowest BCUT2D eigenvalue weighted by Gasteiger charge is -2.20. The Morgan fingerprint density at radius 3 is 2.52 bits per heavy atom. The number of aryl methyl sites for hydroxylation is 1. The molecule has 0 radical (unpaired) electrons. The number of hydrogen-bond donors (Lipinski definition) is 0. The van der Waals surface area contributed by atoms with Gasteiger partial charge in [-0.15, -0.1) is 0 Å². The lowest BCUT2D eigenvalue weighted by atomic mass is 10.1. The number of allylic oxidation sites excluding steroid dienone is 1. The van der Waals surface area contributed by atoms with Gasteiger partial charge in [-0.1, -0.05) is 51.3 Å². The predicted molar refractivity (Wildman–Crippen MR) is 99.6 cm³/mol. The Balaban J connectivity index is 2.71. The maximum absolute atomic E-state index is 6.30. The van der Waals surface area contributed by atoms with Crippen LogP contribution >= 0.6 is 0 Å². The van der Waals surface area contributed by atoms with E-state index in [-0.39, 0.29) is 6.10 Å². The lowest BCUT2D eigenvalue weighted by Crippen LogP contribution is -2.16. The van der Waals surface area contributed by atoms with Gasteiger partial charge in [0.15, 0.2) is 11.5 Å². The topological polar surface area (TPSA) is 18.5 Å². The van der Waals surface area contributed by atoms with E-state index < -0.39 is 0 Å². The van der Waals surface area contributed by atoms with Gasteiger partial charge in [-0.25, -0.2) is 0 Å². The summed E-state index contributed by atoms with van der Waals surface area (Å²) >= 11 is 0. The Kier molecular flexibility index (Phi) is 10.3. The smallest absolute Gasteiger partial charge is 0.161 e. The maximum atomic E-state index is 6.30. The summed E-state index contributed by atoms with van der Waals surface area (Å²) in [6.07, 6.45) is 13.0. The summed E-state index contributed by atoms with van der Waals surface area (Å²) in [6.45, 7) is 9.17. The van der Waals surface area contributed by atoms with E-state index in [4.69, 9.17) is 9.47 Å². The third-order valence-electron chi connectivity index (χ3n) is 3.87. The molecule has 0 heterocycles. The second-order valence-electron chi connectivity index (χ2n) is 6.09. The molecular weight excluding hydrogens is 284 g/mol. The molecular formula is C21H34O2. The third-order valence-corrected chi connectivity index (χ3v) is 3.87. The van der Waals surface area contributed by atoms with E-state index in [0.717, 1.165) is 30.8 Å². The molecule has 0 spiro atoms. The summed E-state index contributed by atoms with van der Waals surface area (Å²) in [5, 5.41) is 0. The minimum absolute atomic E-state index is 0.233. The van der Waals surface area contributed by atoms with Crippen molar-refractivity contribution in [3.05, 3.63) is 35.9 Å². The molecule has 1 aromatic carbocycles. The lowest BCUT2D eigenvalue weighted by molar-refractivity contribution is 0.179. The fourth-order valence-corrected chi connectivity index (χ4v) is 2.60. The van der Waals surface area contributed by atoms with Crippen LogP contribution < -0.4 is 9.47 Å². The van der Waals surface area contributed by atoms with Crippen LogP contribution in [0.3, 0.4) is 0 Å². The Morgan fingerprint density at radius 2 is 1.83 bits per heavy atom. The summed E-state index contributed by atoms with van der Waals surface area (Å²) in [5.74, 6) is 1.74. The molecule has 1 unspecified atom stereocenters. The molecule has 0 amide bonds. The van der Waals surface area contributed by atoms with Crippen LogP contribution in [0, 0.1) is 6.92 Å². The summed E-state index contributed by atoms with van der Waals surface area (Å²) < 4.78 is 12.0. The van der Waals surface area contributed by atoms with Crippen molar-refractivity contribution >= 4 is 0 Å². The molecule has 23 heavy (non-hydrogen) atoms. The van der Waals surface area contributed by atoms with Gasteiger partial charge in [-0.3, -0.25) is 0 Å². The van der Waals surface area contributed by atoms with Crippen LogP contribution in [0.1, 0.15) is 71.3 Å². The number of hydrogen-bond acceptors (Lipinski definition) is 2. The zero-order valence-corrected chi connectivity index (χ0v) is 15.4. The van der Waals surface area contributed by atoms with Gasteiger partial charge in [0.2, 0.25) is 0 Å². The van der Waals surface area contributed by atoms with Gasteiger partial charge in [0, 0.05) is 6.42 Å². The van der Waals surface area contributed by atoms with Gasteiger partial charge >= 0.3 is 0 Å². The molecule has 0 saturated heterocycles. The zero-order valence-electron chi connectivity index (χ0n) is 15.4. The molecule has 1 aromatic rings. The van der Waals surface area contributed by atoms with E-state index >= 15 is 0 Å². The highest BCUT2D eigenvalue weighted by molar-refractivity contribution is 5.42. The average Bonchev–Trinajstić information content (AvgIpc) is 2.54. The molecule has 0 fully saturated rings. The van der Waals surface area contributed by atoms with Crippen LogP contribution in [0.2, 0.25) is 0 Å². The van der Waals surface area contributed by atoms with E-state index in [0.29, 0.717) is 6.61 Å². The summed E-state index contributed by atoms with van der Waals surface area (Å²) in [5.41, 5.74) is 1.20. The zero-order chi connectivity index (χ0) is 16.9. The van der Waals surface area contributed by atoms with Crippen LogP contribution in [0.5, 0.6) is 11.5 Å². The first-order valence-electron chi connectivity index (χ1n) is 9.26. The first kappa shape index (κ1) is 19.6. The van der Waals surface area contributed by atoms with E-state index in [1.54, 1.807) is 0 Å². The molecule has 1 atom stereocenters. The van der Waals surface area contributed by atoms with Crippen molar-refractivity contribution in [2.75, 3.05) is 6.61 Å². The minimum Gasteiger partial charge on any atom is -0.490 e. The van der Waals surface area contributed by atoms with E-state index in [9.17, 15) is 0 Å². The van der Waals surface area contributed by atoms with Crippen LogP contribution in [-0.4, -0.2) is 12.7 Å². The minimum atomic E-state index is 0.233. The van der Waals surface area contributed by atoms with E-state index in [1.807, 2.05) is 13.0 Å². The average molecular weight is 319 g/mol. The number of unbranched alkanes of at least 4 members (excludes halogenated alkanes) is 3. The predicted octanol–water partition coefficient (Wildman–Crippen LogP) is 6.47. The van der Waals surface area contributed by atoms with E-state index in [1.165, 1.54) is 31.2 Å². The molecule has 0 saturated carbocycles. The van der Waals surface area contributed by atoms with Crippen molar-refractivity contribution in [1.82, 2.24) is 0 Å². The van der Waals surface area contributed by atoms with E-state index in [2.05, 4.69) is 45.1 Å². The van der Waals surface area contributed by atoms with Crippen molar-refractivity contribution in [1.29, 1.82) is 0 Å². The van der Waals surface area contributed by atoms with Gasteiger partial charge in [0.1, 0.15) is 6.10 Å². The molecule has 0 aliphatic heterocycles. The van der Waals surface area contributed by atoms with Gasteiger partial charge in [0.05, 0.1) is 6.61 Å². The van der Waals surface area contributed by atoms with Gasteiger partial charge in [0.25, 0.3) is 0 Å². The standard InChI is InChI=1S/C21H34O2/c1-5-8-10-12-14-19(13-11-9-6-2)23-20-16-15-18(4)17-21(20)22-7-3/h9,11,15-17,19H,5-8,10,12-14H2,1-4H3/b11-9+. The molecule has 0 aromatic heterocycles. The van der Waals surface area contributed by atoms with Crippen LogP contribution in [0.4, 0.5) is 0 Å². The van der Waals surface area contributed by atoms with Crippen molar-refractivity contribution < 1.29 is 9.47 Å². The molecule has 130 valence electrons. The van der Waals surface area contributed by atoms with Crippen LogP contribution in [0.25, 0.3) is 0 Å². The molecule has 0 aliphatic rings. The van der Waals surface area contributed by atoms with Crippen LogP contribution in [-0.2, 0) is 0 Å². The third kappa shape index (κ3) is 8.11. The number of rotatable bonds is 12. The highest BCUT2D eigenvalue weighted by Crippen LogP contribution is 2.30. The normalized spacial score (nSPS) is 12.5. The first-order chi connectivity index (χ1) is 11.2. The van der Waals surface area contributed by atoms with Crippen LogP contribution in [0.15, 0.2) is 30.4 Å². The van der Waals surface area contributed by atoms with Crippen molar-refractivity contribution in [3.63, 3.8) is 0 Å². The monoisotopic (exact) mass is 318 g/mol. The van der Waals surface area contributed by atoms with Crippen molar-refractivity contribution in [3.8, 4) is 11.5 Å². The molecule has 2 heteroatoms. The fraction of sp³-hybridized carbons (Fsp3) is 0.619. The Bertz CT molecular complexity index is 451. The SMILES string of the molecule is CC/C=C/CC(CCCCCC)Oc1ccc(C)cc1OCC. The molecule has 0 aliphatic carbocycles. The summed E-state index contributed by atoms with van der Waals surface area (Å²) in [6, 6.07) is 6.20. The molecule has 0 N–H and O–H groups in total. The quantitative estimate of drug-likeness (QED) is 0.325. The summed E-state index contributed by atoms with van der Waals surface area (Å²) in [7, 11) is 0. The molecule has 0 bridgehead atoms. The summed E-state index contributed by atoms with van der Waals surface area (Å²) in [4.78, 5) is 0. The second kappa shape index (κ2) is 12.0. The Morgan fingerprint density at radius 1 is 1.00 bits per heavy atom. The highest BCUT2D eigenvalue weighted by atomic mass is 16.5. The van der Waals surface area contributed by atoms with Gasteiger partial charge in [-0.2, -0.15) is 0 Å². The molecule has 1 rings (SSSR count). The number of ether oxygens (including phenoxy) is 2. The second-order valence-corrected chi connectivity index (χ2v) is 6.09. The largest absolute Gasteiger partial charge is 0.490 e. The molecule has 2 nitrogen and oxygen atoms in total. The Labute approximate surface area is 142 Å². The fourth-order valence-electron chi connectivity index (χ4n) is 2.60.